The van der Waals surface area contributed by atoms with E-state index in [4.69, 9.17) is 9.47 Å². The summed E-state index contributed by atoms with van der Waals surface area (Å²) in [6.07, 6.45) is 0.931. The van der Waals surface area contributed by atoms with E-state index in [0.29, 0.717) is 19.6 Å². The van der Waals surface area contributed by atoms with Crippen LogP contribution in [0.3, 0.4) is 0 Å². The summed E-state index contributed by atoms with van der Waals surface area (Å²) >= 11 is 0. The predicted octanol–water partition coefficient (Wildman–Crippen LogP) is 2.39. The number of morpholine rings is 1. The minimum Gasteiger partial charge on any atom is -0.494 e. The Balaban J connectivity index is 1.53. The number of ether oxygens (including phenoxy) is 2. The molecule has 1 aliphatic heterocycles. The number of nitrogens with one attached hydrogen (secondary N) is 2. The van der Waals surface area contributed by atoms with Crippen molar-refractivity contribution >= 4 is 11.8 Å². The second-order valence-electron chi connectivity index (χ2n) is 6.72. The van der Waals surface area contributed by atoms with E-state index in [2.05, 4.69) is 17.6 Å². The van der Waals surface area contributed by atoms with Crippen LogP contribution in [0.5, 0.6) is 5.75 Å². The lowest BCUT2D eigenvalue weighted by atomic mass is 9.99. The van der Waals surface area contributed by atoms with Crippen LogP contribution in [-0.2, 0) is 20.7 Å². The van der Waals surface area contributed by atoms with Gasteiger partial charge in [-0.2, -0.15) is 0 Å². The lowest BCUT2D eigenvalue weighted by molar-refractivity contribution is -0.148. The van der Waals surface area contributed by atoms with Gasteiger partial charge in [0.25, 0.3) is 5.91 Å². The van der Waals surface area contributed by atoms with Gasteiger partial charge in [-0.05, 0) is 36.1 Å². The van der Waals surface area contributed by atoms with Crippen LogP contribution in [-0.4, -0.2) is 37.7 Å². The Kier molecular flexibility index (Phi) is 7.03. The van der Waals surface area contributed by atoms with Gasteiger partial charge >= 0.3 is 0 Å². The monoisotopic (exact) mass is 382 g/mol. The molecule has 1 aliphatic rings. The van der Waals surface area contributed by atoms with Crippen LogP contribution in [0.4, 0.5) is 0 Å². The van der Waals surface area contributed by atoms with Gasteiger partial charge in [-0.25, -0.2) is 0 Å². The molecule has 0 aromatic heterocycles. The predicted molar refractivity (Wildman–Crippen MR) is 106 cm³/mol. The molecule has 2 N–H and O–H groups in total. The number of benzene rings is 2. The van der Waals surface area contributed by atoms with E-state index in [-0.39, 0.29) is 18.4 Å². The molecule has 1 fully saturated rings. The lowest BCUT2D eigenvalue weighted by Crippen LogP contribution is -2.52. The molecule has 1 heterocycles. The molecule has 0 bridgehead atoms. The van der Waals surface area contributed by atoms with E-state index in [1.54, 1.807) is 0 Å². The van der Waals surface area contributed by atoms with Crippen molar-refractivity contribution in [3.8, 4) is 5.75 Å². The summed E-state index contributed by atoms with van der Waals surface area (Å²) < 4.78 is 11.1. The van der Waals surface area contributed by atoms with Crippen LogP contribution in [0.1, 0.15) is 30.5 Å². The fraction of sp³-hybridized carbons (Fsp3) is 0.364. The zero-order chi connectivity index (χ0) is 19.8. The van der Waals surface area contributed by atoms with Gasteiger partial charge in [0.1, 0.15) is 12.4 Å². The maximum absolute atomic E-state index is 12.6. The summed E-state index contributed by atoms with van der Waals surface area (Å²) in [5, 5.41) is 5.77. The van der Waals surface area contributed by atoms with Crippen molar-refractivity contribution < 1.29 is 19.1 Å². The highest BCUT2D eigenvalue weighted by Gasteiger charge is 2.35. The SMILES string of the molecule is CCCOc1ccc(CCNC(=O)[C@H]2OCC(=O)N[C@@H]2c2ccccc2)cc1. The van der Waals surface area contributed by atoms with Gasteiger partial charge < -0.3 is 20.1 Å². The Bertz CT molecular complexity index is 777. The fourth-order valence-corrected chi connectivity index (χ4v) is 3.10. The number of hydrogen-bond acceptors (Lipinski definition) is 4. The highest BCUT2D eigenvalue weighted by Crippen LogP contribution is 2.22. The molecular weight excluding hydrogens is 356 g/mol. The van der Waals surface area contributed by atoms with Crippen LogP contribution in [0.15, 0.2) is 54.6 Å². The number of amides is 2. The molecule has 0 unspecified atom stereocenters. The molecule has 0 aliphatic carbocycles. The quantitative estimate of drug-likeness (QED) is 0.735. The first-order valence-electron chi connectivity index (χ1n) is 9.62. The second kappa shape index (κ2) is 9.90. The van der Waals surface area contributed by atoms with Crippen molar-refractivity contribution in [1.82, 2.24) is 10.6 Å². The van der Waals surface area contributed by atoms with E-state index >= 15 is 0 Å². The summed E-state index contributed by atoms with van der Waals surface area (Å²) in [6.45, 7) is 3.15. The van der Waals surface area contributed by atoms with Crippen molar-refractivity contribution in [2.45, 2.75) is 31.9 Å². The second-order valence-corrected chi connectivity index (χ2v) is 6.72. The van der Waals surface area contributed by atoms with E-state index in [9.17, 15) is 9.59 Å². The summed E-state index contributed by atoms with van der Waals surface area (Å²) in [4.78, 5) is 24.4. The Hall–Kier alpha value is -2.86. The molecule has 1 saturated heterocycles. The minimum absolute atomic E-state index is 0.110. The number of carbonyl (C=O) groups excluding carboxylic acids is 2. The topological polar surface area (TPSA) is 76.7 Å². The van der Waals surface area contributed by atoms with Gasteiger partial charge in [-0.15, -0.1) is 0 Å². The first-order valence-corrected chi connectivity index (χ1v) is 9.62. The molecule has 148 valence electrons. The molecule has 6 heteroatoms. The molecule has 0 spiro atoms. The normalized spacial score (nSPS) is 19.0. The van der Waals surface area contributed by atoms with Crippen LogP contribution in [0.2, 0.25) is 0 Å². The lowest BCUT2D eigenvalue weighted by Gasteiger charge is -2.31. The zero-order valence-corrected chi connectivity index (χ0v) is 16.0. The fourth-order valence-electron chi connectivity index (χ4n) is 3.10. The summed E-state index contributed by atoms with van der Waals surface area (Å²) in [6, 6.07) is 16.8. The molecule has 28 heavy (non-hydrogen) atoms. The molecule has 2 aromatic rings. The number of hydrogen-bond donors (Lipinski definition) is 2. The maximum Gasteiger partial charge on any atom is 0.251 e. The molecule has 6 nitrogen and oxygen atoms in total. The Morgan fingerprint density at radius 3 is 2.64 bits per heavy atom. The zero-order valence-electron chi connectivity index (χ0n) is 16.0. The first kappa shape index (κ1) is 19.9. The molecule has 2 amide bonds. The molecule has 3 rings (SSSR count). The number of rotatable bonds is 8. The highest BCUT2D eigenvalue weighted by molar-refractivity contribution is 5.86. The van der Waals surface area contributed by atoms with Gasteiger partial charge in [-0.1, -0.05) is 49.4 Å². The summed E-state index contributed by atoms with van der Waals surface area (Å²) in [5.74, 6) is 0.409. The maximum atomic E-state index is 12.6. The van der Waals surface area contributed by atoms with Crippen molar-refractivity contribution in [3.05, 3.63) is 65.7 Å². The Morgan fingerprint density at radius 1 is 1.18 bits per heavy atom. The smallest absolute Gasteiger partial charge is 0.251 e. The third kappa shape index (κ3) is 5.33. The summed E-state index contributed by atoms with van der Waals surface area (Å²) in [7, 11) is 0. The van der Waals surface area contributed by atoms with Crippen LogP contribution in [0.25, 0.3) is 0 Å². The van der Waals surface area contributed by atoms with E-state index in [1.807, 2.05) is 54.6 Å². The molecule has 0 saturated carbocycles. The van der Waals surface area contributed by atoms with Crippen molar-refractivity contribution in [2.75, 3.05) is 19.8 Å². The Morgan fingerprint density at radius 2 is 1.93 bits per heavy atom. The van der Waals surface area contributed by atoms with E-state index in [0.717, 1.165) is 23.3 Å². The standard InChI is InChI=1S/C22H26N2O4/c1-2-14-27-18-10-8-16(9-11-18)12-13-23-22(26)21-20(24-19(25)15-28-21)17-6-4-3-5-7-17/h3-11,20-21H,2,12-15H2,1H3,(H,23,26)(H,24,25)/t20-,21+/m1/s1. The van der Waals surface area contributed by atoms with Crippen LogP contribution < -0.4 is 15.4 Å². The third-order valence-corrected chi connectivity index (χ3v) is 4.54. The average molecular weight is 382 g/mol. The van der Waals surface area contributed by atoms with Gasteiger partial charge in [0.05, 0.1) is 12.6 Å². The van der Waals surface area contributed by atoms with Gasteiger partial charge in [0.15, 0.2) is 6.10 Å². The van der Waals surface area contributed by atoms with Crippen molar-refractivity contribution in [2.24, 2.45) is 0 Å². The molecular formula is C22H26N2O4. The van der Waals surface area contributed by atoms with Crippen molar-refractivity contribution in [3.63, 3.8) is 0 Å². The third-order valence-electron chi connectivity index (χ3n) is 4.54. The van der Waals surface area contributed by atoms with Crippen molar-refractivity contribution in [1.29, 1.82) is 0 Å². The van der Waals surface area contributed by atoms with Gasteiger partial charge in [0, 0.05) is 6.54 Å². The highest BCUT2D eigenvalue weighted by atomic mass is 16.5. The van der Waals surface area contributed by atoms with Gasteiger partial charge in [-0.3, -0.25) is 9.59 Å². The average Bonchev–Trinajstić information content (AvgIpc) is 2.73. The minimum atomic E-state index is -0.745. The molecule has 2 atom stereocenters. The first-order chi connectivity index (χ1) is 13.7. The number of carbonyl (C=O) groups is 2. The van der Waals surface area contributed by atoms with Gasteiger partial charge in [0.2, 0.25) is 5.91 Å². The van der Waals surface area contributed by atoms with E-state index < -0.39 is 12.1 Å². The van der Waals surface area contributed by atoms with E-state index in [1.165, 1.54) is 0 Å². The molecule has 0 radical (unpaired) electrons. The molecule has 2 aromatic carbocycles. The largest absolute Gasteiger partial charge is 0.494 e. The summed E-state index contributed by atoms with van der Waals surface area (Å²) in [5.41, 5.74) is 1.96. The van der Waals surface area contributed by atoms with Crippen LogP contribution >= 0.6 is 0 Å². The Labute approximate surface area is 165 Å². The van der Waals surface area contributed by atoms with Crippen LogP contribution in [0, 0.1) is 0 Å².